The number of nitrogens with one attached hydrogen (secondary N) is 1. The number of carbonyl (C=O) groups is 1. The summed E-state index contributed by atoms with van der Waals surface area (Å²) in [5.41, 5.74) is 0.736. The van der Waals surface area contributed by atoms with Crippen LogP contribution in [-0.2, 0) is 11.2 Å². The quantitative estimate of drug-likeness (QED) is 0.788. The molecule has 1 fully saturated rings. The highest BCUT2D eigenvalue weighted by molar-refractivity contribution is 5.78. The average Bonchev–Trinajstić information content (AvgIpc) is 3.17. The molecule has 1 aromatic carbocycles. The first-order valence-corrected chi connectivity index (χ1v) is 9.56. The number of likely N-dealkylation sites (tertiary alicyclic amines) is 1. The maximum atomic E-state index is 13.4. The van der Waals surface area contributed by atoms with Crippen molar-refractivity contribution in [2.45, 2.75) is 43.9 Å². The Morgan fingerprint density at radius 2 is 1.86 bits per heavy atom. The zero-order chi connectivity index (χ0) is 20.6. The smallest absolute Gasteiger partial charge is 0.351 e. The molecule has 0 unspecified atom stereocenters. The van der Waals surface area contributed by atoms with E-state index in [1.807, 2.05) is 0 Å². The standard InChI is InChI=1S/C19H21F4N5O/c20-14-3-1-12(2-4-14)9-17(29)27-7-5-13(6-8-27)15-10-16(19(21,22)23)28-18(26-15)24-11-25-28/h1-4,11,13,15-16H,5-10H2,(H,24,25,26)/t15-,16+/m0/s1. The number of anilines is 1. The molecule has 1 saturated heterocycles. The summed E-state index contributed by atoms with van der Waals surface area (Å²) in [4.78, 5) is 18.1. The molecule has 156 valence electrons. The lowest BCUT2D eigenvalue weighted by Crippen LogP contribution is -2.47. The van der Waals surface area contributed by atoms with E-state index in [2.05, 4.69) is 15.4 Å². The molecule has 0 radical (unpaired) electrons. The zero-order valence-corrected chi connectivity index (χ0v) is 15.6. The number of hydrogen-bond donors (Lipinski definition) is 1. The number of alkyl halides is 3. The SMILES string of the molecule is O=C(Cc1ccc(F)cc1)N1CCC([C@@H]2C[C@H](C(F)(F)F)n3ncnc3N2)CC1. The van der Waals surface area contributed by atoms with Crippen LogP contribution < -0.4 is 5.32 Å². The highest BCUT2D eigenvalue weighted by Gasteiger charge is 2.48. The van der Waals surface area contributed by atoms with Crippen LogP contribution in [-0.4, -0.2) is 50.9 Å². The number of benzene rings is 1. The molecule has 2 aliphatic rings. The molecule has 1 N–H and O–H groups in total. The van der Waals surface area contributed by atoms with E-state index in [4.69, 9.17) is 0 Å². The number of amides is 1. The maximum Gasteiger partial charge on any atom is 0.411 e. The Hall–Kier alpha value is -2.65. The number of halogens is 4. The van der Waals surface area contributed by atoms with E-state index < -0.39 is 12.2 Å². The average molecular weight is 411 g/mol. The molecule has 1 amide bonds. The van der Waals surface area contributed by atoms with Gasteiger partial charge in [-0.1, -0.05) is 12.1 Å². The molecule has 3 heterocycles. The minimum absolute atomic E-state index is 0.0140. The summed E-state index contributed by atoms with van der Waals surface area (Å²) < 4.78 is 54.2. The number of fused-ring (bicyclic) bond motifs is 1. The van der Waals surface area contributed by atoms with Crippen LogP contribution in [0.3, 0.4) is 0 Å². The summed E-state index contributed by atoms with van der Waals surface area (Å²) in [5.74, 6) is -0.256. The van der Waals surface area contributed by atoms with Gasteiger partial charge in [-0.25, -0.2) is 9.07 Å². The molecule has 0 aliphatic carbocycles. The summed E-state index contributed by atoms with van der Waals surface area (Å²) in [6, 6.07) is 3.74. The van der Waals surface area contributed by atoms with E-state index in [1.165, 1.54) is 12.1 Å². The largest absolute Gasteiger partial charge is 0.411 e. The third-order valence-corrected chi connectivity index (χ3v) is 5.77. The van der Waals surface area contributed by atoms with E-state index in [-0.39, 0.29) is 42.5 Å². The van der Waals surface area contributed by atoms with Crippen LogP contribution in [0.4, 0.5) is 23.5 Å². The van der Waals surface area contributed by atoms with Gasteiger partial charge >= 0.3 is 6.18 Å². The molecular weight excluding hydrogens is 390 g/mol. The highest BCUT2D eigenvalue weighted by atomic mass is 19.4. The minimum atomic E-state index is -4.39. The molecule has 10 heteroatoms. The van der Waals surface area contributed by atoms with Crippen LogP contribution in [0.2, 0.25) is 0 Å². The lowest BCUT2D eigenvalue weighted by atomic mass is 9.85. The van der Waals surface area contributed by atoms with Gasteiger partial charge in [0.2, 0.25) is 11.9 Å². The Kier molecular flexibility index (Phi) is 5.18. The second kappa shape index (κ2) is 7.64. The van der Waals surface area contributed by atoms with Crippen molar-refractivity contribution >= 4 is 11.9 Å². The summed E-state index contributed by atoms with van der Waals surface area (Å²) >= 11 is 0. The molecule has 2 aromatic rings. The third kappa shape index (κ3) is 4.20. The van der Waals surface area contributed by atoms with Gasteiger partial charge in [0.15, 0.2) is 6.04 Å². The summed E-state index contributed by atoms with van der Waals surface area (Å²) in [5, 5.41) is 6.80. The van der Waals surface area contributed by atoms with Gasteiger partial charge in [0, 0.05) is 19.1 Å². The van der Waals surface area contributed by atoms with E-state index in [0.717, 1.165) is 16.6 Å². The summed E-state index contributed by atoms with van der Waals surface area (Å²) in [7, 11) is 0. The molecule has 6 nitrogen and oxygen atoms in total. The fraction of sp³-hybridized carbons (Fsp3) is 0.526. The molecule has 2 atom stereocenters. The molecular formula is C19H21F4N5O. The molecule has 29 heavy (non-hydrogen) atoms. The Bertz CT molecular complexity index is 858. The second-order valence-electron chi connectivity index (χ2n) is 7.59. The first kappa shape index (κ1) is 19.7. The molecule has 1 aromatic heterocycles. The van der Waals surface area contributed by atoms with E-state index >= 15 is 0 Å². The monoisotopic (exact) mass is 411 g/mol. The van der Waals surface area contributed by atoms with Crippen molar-refractivity contribution < 1.29 is 22.4 Å². The van der Waals surface area contributed by atoms with Crippen molar-refractivity contribution in [3.63, 3.8) is 0 Å². The summed E-state index contributed by atoms with van der Waals surface area (Å²) in [6.07, 6.45) is -1.95. The van der Waals surface area contributed by atoms with Crippen LogP contribution in [0.5, 0.6) is 0 Å². The van der Waals surface area contributed by atoms with Crippen LogP contribution in [0.1, 0.15) is 30.9 Å². The van der Waals surface area contributed by atoms with Crippen LogP contribution in [0.15, 0.2) is 30.6 Å². The van der Waals surface area contributed by atoms with Gasteiger partial charge in [-0.15, -0.1) is 0 Å². The Balaban J connectivity index is 1.36. The molecule has 0 spiro atoms. The first-order valence-electron chi connectivity index (χ1n) is 9.56. The number of rotatable bonds is 3. The Morgan fingerprint density at radius 3 is 2.52 bits per heavy atom. The van der Waals surface area contributed by atoms with Crippen LogP contribution >= 0.6 is 0 Å². The first-order chi connectivity index (χ1) is 13.8. The Morgan fingerprint density at radius 1 is 1.17 bits per heavy atom. The minimum Gasteiger partial charge on any atom is -0.351 e. The number of hydrogen-bond acceptors (Lipinski definition) is 4. The van der Waals surface area contributed by atoms with Crippen molar-refractivity contribution in [1.29, 1.82) is 0 Å². The fourth-order valence-corrected chi connectivity index (χ4v) is 4.17. The number of carbonyl (C=O) groups excluding carboxylic acids is 1. The molecule has 0 saturated carbocycles. The maximum absolute atomic E-state index is 13.4. The lowest BCUT2D eigenvalue weighted by molar-refractivity contribution is -0.174. The predicted molar refractivity (Wildman–Crippen MR) is 96.5 cm³/mol. The van der Waals surface area contributed by atoms with Gasteiger partial charge in [-0.2, -0.15) is 23.3 Å². The number of piperidine rings is 1. The van der Waals surface area contributed by atoms with Gasteiger partial charge in [0.25, 0.3) is 0 Å². The van der Waals surface area contributed by atoms with Gasteiger partial charge in [-0.3, -0.25) is 4.79 Å². The molecule has 0 bridgehead atoms. The normalized spacial score (nSPS) is 22.8. The number of aromatic nitrogens is 3. The topological polar surface area (TPSA) is 63.1 Å². The van der Waals surface area contributed by atoms with Crippen molar-refractivity contribution in [1.82, 2.24) is 19.7 Å². The highest BCUT2D eigenvalue weighted by Crippen LogP contribution is 2.41. The Labute approximate surface area is 164 Å². The van der Waals surface area contributed by atoms with Crippen LogP contribution in [0.25, 0.3) is 0 Å². The fourth-order valence-electron chi connectivity index (χ4n) is 4.17. The van der Waals surface area contributed by atoms with Gasteiger partial charge in [0.05, 0.1) is 6.42 Å². The van der Waals surface area contributed by atoms with Gasteiger partial charge in [0.1, 0.15) is 12.1 Å². The van der Waals surface area contributed by atoms with E-state index in [1.54, 1.807) is 17.0 Å². The van der Waals surface area contributed by atoms with E-state index in [9.17, 15) is 22.4 Å². The second-order valence-corrected chi connectivity index (χ2v) is 7.59. The van der Waals surface area contributed by atoms with Crippen molar-refractivity contribution in [2.75, 3.05) is 18.4 Å². The van der Waals surface area contributed by atoms with Gasteiger partial charge in [-0.05, 0) is 42.9 Å². The molecule has 2 aliphatic heterocycles. The van der Waals surface area contributed by atoms with E-state index in [0.29, 0.717) is 25.9 Å². The number of nitrogens with zero attached hydrogens (tertiary/aromatic N) is 4. The van der Waals surface area contributed by atoms with Gasteiger partial charge < -0.3 is 10.2 Å². The molecule has 4 rings (SSSR count). The zero-order valence-electron chi connectivity index (χ0n) is 15.6. The van der Waals surface area contributed by atoms with Crippen molar-refractivity contribution in [3.05, 3.63) is 42.0 Å². The predicted octanol–water partition coefficient (Wildman–Crippen LogP) is 3.19. The van der Waals surface area contributed by atoms with Crippen LogP contribution in [0, 0.1) is 11.7 Å². The summed E-state index contributed by atoms with van der Waals surface area (Å²) in [6.45, 7) is 0.985. The lowest BCUT2D eigenvalue weighted by Gasteiger charge is -2.40. The van der Waals surface area contributed by atoms with Crippen molar-refractivity contribution in [3.8, 4) is 0 Å². The third-order valence-electron chi connectivity index (χ3n) is 5.77. The van der Waals surface area contributed by atoms with Crippen molar-refractivity contribution in [2.24, 2.45) is 5.92 Å².